The second-order valence-electron chi connectivity index (χ2n) is 3.86. The summed E-state index contributed by atoms with van der Waals surface area (Å²) in [7, 11) is 0. The molecule has 1 aliphatic rings. The smallest absolute Gasteiger partial charge is 0.0728 e. The predicted octanol–water partition coefficient (Wildman–Crippen LogP) is 2.33. The Bertz CT molecular complexity index is 125. The van der Waals surface area contributed by atoms with Crippen LogP contribution in [0.2, 0.25) is 0 Å². The van der Waals surface area contributed by atoms with Gasteiger partial charge in [-0.05, 0) is 25.8 Å². The van der Waals surface area contributed by atoms with Crippen LogP contribution < -0.4 is 5.32 Å². The van der Waals surface area contributed by atoms with Gasteiger partial charge < -0.3 is 10.1 Å². The summed E-state index contributed by atoms with van der Waals surface area (Å²) in [6, 6.07) is 0.616. The normalized spacial score (nSPS) is 29.1. The van der Waals surface area contributed by atoms with E-state index in [2.05, 4.69) is 19.2 Å². The summed E-state index contributed by atoms with van der Waals surface area (Å²) < 4.78 is 5.83. The Hall–Kier alpha value is -0.0800. The summed E-state index contributed by atoms with van der Waals surface area (Å²) in [5.74, 6) is 0. The molecule has 0 amide bonds. The van der Waals surface area contributed by atoms with Gasteiger partial charge in [0.2, 0.25) is 0 Å². The van der Waals surface area contributed by atoms with Gasteiger partial charge in [0.15, 0.2) is 0 Å². The molecule has 0 radical (unpaired) electrons. The Labute approximate surface area is 82.0 Å². The van der Waals surface area contributed by atoms with Crippen LogP contribution in [0.1, 0.15) is 46.0 Å². The molecule has 78 valence electrons. The van der Waals surface area contributed by atoms with E-state index in [9.17, 15) is 0 Å². The Balaban J connectivity index is 2.28. The molecule has 1 fully saturated rings. The molecule has 0 aromatic heterocycles. The van der Waals surface area contributed by atoms with E-state index in [4.69, 9.17) is 4.74 Å². The van der Waals surface area contributed by atoms with Gasteiger partial charge in [-0.25, -0.2) is 0 Å². The predicted molar refractivity (Wildman–Crippen MR) is 56.0 cm³/mol. The first kappa shape index (κ1) is 11.0. The molecule has 1 saturated carbocycles. The van der Waals surface area contributed by atoms with Gasteiger partial charge in [0.25, 0.3) is 0 Å². The molecule has 1 rings (SSSR count). The SMILES string of the molecule is CCCOC1CCCCC1NCC. The standard InChI is InChI=1S/C11H23NO/c1-3-9-13-11-8-6-5-7-10(11)12-4-2/h10-12H,3-9H2,1-2H3. The molecule has 2 atom stereocenters. The lowest BCUT2D eigenvalue weighted by Crippen LogP contribution is -2.43. The van der Waals surface area contributed by atoms with Gasteiger partial charge in [0.1, 0.15) is 0 Å². The highest BCUT2D eigenvalue weighted by Gasteiger charge is 2.24. The number of hydrogen-bond donors (Lipinski definition) is 1. The number of ether oxygens (including phenoxy) is 1. The second kappa shape index (κ2) is 6.39. The fraction of sp³-hybridized carbons (Fsp3) is 1.00. The van der Waals surface area contributed by atoms with Crippen molar-refractivity contribution in [1.29, 1.82) is 0 Å². The topological polar surface area (TPSA) is 21.3 Å². The number of hydrogen-bond acceptors (Lipinski definition) is 2. The lowest BCUT2D eigenvalue weighted by Gasteiger charge is -2.31. The van der Waals surface area contributed by atoms with E-state index in [-0.39, 0.29) is 0 Å². The highest BCUT2D eigenvalue weighted by molar-refractivity contribution is 4.81. The maximum atomic E-state index is 5.83. The average Bonchev–Trinajstić information content (AvgIpc) is 2.17. The fourth-order valence-electron chi connectivity index (χ4n) is 2.06. The van der Waals surface area contributed by atoms with Crippen LogP contribution in [0, 0.1) is 0 Å². The van der Waals surface area contributed by atoms with Gasteiger partial charge in [-0.3, -0.25) is 0 Å². The molecule has 0 saturated heterocycles. The molecule has 0 spiro atoms. The first-order valence-electron chi connectivity index (χ1n) is 5.73. The van der Waals surface area contributed by atoms with Crippen molar-refractivity contribution in [3.05, 3.63) is 0 Å². The Kier molecular flexibility index (Phi) is 5.40. The minimum Gasteiger partial charge on any atom is -0.377 e. The molecule has 0 aromatic carbocycles. The lowest BCUT2D eigenvalue weighted by molar-refractivity contribution is 0.00601. The van der Waals surface area contributed by atoms with E-state index >= 15 is 0 Å². The summed E-state index contributed by atoms with van der Waals surface area (Å²) in [5.41, 5.74) is 0. The van der Waals surface area contributed by atoms with Crippen LogP contribution in [0.5, 0.6) is 0 Å². The van der Waals surface area contributed by atoms with Crippen molar-refractivity contribution in [2.24, 2.45) is 0 Å². The van der Waals surface area contributed by atoms with E-state index < -0.39 is 0 Å². The van der Waals surface area contributed by atoms with Crippen LogP contribution >= 0.6 is 0 Å². The fourth-order valence-corrected chi connectivity index (χ4v) is 2.06. The van der Waals surface area contributed by atoms with Gasteiger partial charge in [-0.1, -0.05) is 26.7 Å². The van der Waals surface area contributed by atoms with Crippen molar-refractivity contribution in [1.82, 2.24) is 5.32 Å². The van der Waals surface area contributed by atoms with Crippen LogP contribution in [0.15, 0.2) is 0 Å². The average molecular weight is 185 g/mol. The third-order valence-electron chi connectivity index (χ3n) is 2.70. The van der Waals surface area contributed by atoms with Crippen LogP contribution in [0.4, 0.5) is 0 Å². The highest BCUT2D eigenvalue weighted by atomic mass is 16.5. The molecule has 13 heavy (non-hydrogen) atoms. The zero-order valence-electron chi connectivity index (χ0n) is 9.01. The zero-order valence-corrected chi connectivity index (χ0v) is 9.01. The zero-order chi connectivity index (χ0) is 9.52. The first-order valence-corrected chi connectivity index (χ1v) is 5.73. The molecule has 2 nitrogen and oxygen atoms in total. The Morgan fingerprint density at radius 1 is 1.23 bits per heavy atom. The minimum absolute atomic E-state index is 0.480. The quantitative estimate of drug-likeness (QED) is 0.710. The van der Waals surface area contributed by atoms with E-state index in [0.29, 0.717) is 12.1 Å². The molecule has 2 heteroatoms. The summed E-state index contributed by atoms with van der Waals surface area (Å²) >= 11 is 0. The van der Waals surface area contributed by atoms with Gasteiger partial charge in [0.05, 0.1) is 6.10 Å². The summed E-state index contributed by atoms with van der Waals surface area (Å²) in [6.45, 7) is 6.33. The van der Waals surface area contributed by atoms with Crippen molar-refractivity contribution in [2.75, 3.05) is 13.2 Å². The molecule has 0 aromatic rings. The van der Waals surface area contributed by atoms with Gasteiger partial charge >= 0.3 is 0 Å². The molecule has 0 aliphatic heterocycles. The summed E-state index contributed by atoms with van der Waals surface area (Å²) in [4.78, 5) is 0. The first-order chi connectivity index (χ1) is 6.38. The van der Waals surface area contributed by atoms with Gasteiger partial charge in [-0.15, -0.1) is 0 Å². The van der Waals surface area contributed by atoms with E-state index in [0.717, 1.165) is 19.6 Å². The van der Waals surface area contributed by atoms with Crippen LogP contribution in [-0.4, -0.2) is 25.3 Å². The molecular formula is C11H23NO. The Morgan fingerprint density at radius 2 is 2.00 bits per heavy atom. The monoisotopic (exact) mass is 185 g/mol. The molecule has 2 unspecified atom stereocenters. The second-order valence-corrected chi connectivity index (χ2v) is 3.86. The van der Waals surface area contributed by atoms with E-state index in [1.54, 1.807) is 0 Å². The summed E-state index contributed by atoms with van der Waals surface area (Å²) in [5, 5.41) is 3.52. The summed E-state index contributed by atoms with van der Waals surface area (Å²) in [6.07, 6.45) is 6.86. The van der Waals surface area contributed by atoms with E-state index in [1.165, 1.54) is 25.7 Å². The number of rotatable bonds is 5. The van der Waals surface area contributed by atoms with Crippen LogP contribution in [0.25, 0.3) is 0 Å². The van der Waals surface area contributed by atoms with Crippen molar-refractivity contribution in [3.8, 4) is 0 Å². The van der Waals surface area contributed by atoms with Crippen molar-refractivity contribution < 1.29 is 4.74 Å². The van der Waals surface area contributed by atoms with Gasteiger partial charge in [0, 0.05) is 12.6 Å². The highest BCUT2D eigenvalue weighted by Crippen LogP contribution is 2.21. The molecule has 0 bridgehead atoms. The van der Waals surface area contributed by atoms with Crippen LogP contribution in [-0.2, 0) is 4.74 Å². The Morgan fingerprint density at radius 3 is 2.69 bits per heavy atom. The lowest BCUT2D eigenvalue weighted by atomic mass is 9.92. The van der Waals surface area contributed by atoms with Crippen LogP contribution in [0.3, 0.4) is 0 Å². The molecule has 1 N–H and O–H groups in total. The molecular weight excluding hydrogens is 162 g/mol. The largest absolute Gasteiger partial charge is 0.377 e. The molecule has 0 heterocycles. The van der Waals surface area contributed by atoms with Crippen molar-refractivity contribution in [3.63, 3.8) is 0 Å². The third kappa shape index (κ3) is 3.65. The third-order valence-corrected chi connectivity index (χ3v) is 2.70. The number of likely N-dealkylation sites (N-methyl/N-ethyl adjacent to an activating group) is 1. The van der Waals surface area contributed by atoms with Gasteiger partial charge in [-0.2, -0.15) is 0 Å². The van der Waals surface area contributed by atoms with Crippen molar-refractivity contribution >= 4 is 0 Å². The van der Waals surface area contributed by atoms with E-state index in [1.807, 2.05) is 0 Å². The molecule has 1 aliphatic carbocycles. The maximum absolute atomic E-state index is 5.83. The van der Waals surface area contributed by atoms with Crippen molar-refractivity contribution in [2.45, 2.75) is 58.1 Å². The maximum Gasteiger partial charge on any atom is 0.0728 e. The minimum atomic E-state index is 0.480. The number of nitrogens with one attached hydrogen (secondary N) is 1.